The normalized spacial score (nSPS) is 12.7. The summed E-state index contributed by atoms with van der Waals surface area (Å²) < 4.78 is 5.55. The molecule has 1 aliphatic rings. The van der Waals surface area contributed by atoms with E-state index < -0.39 is 0 Å². The van der Waals surface area contributed by atoms with Crippen molar-refractivity contribution in [2.75, 3.05) is 17.2 Å². The van der Waals surface area contributed by atoms with Crippen molar-refractivity contribution in [3.63, 3.8) is 0 Å². The van der Waals surface area contributed by atoms with Crippen molar-refractivity contribution in [1.29, 1.82) is 0 Å². The number of unbranched alkanes of at least 4 members (excludes halogenated alkanes) is 1. The maximum atomic E-state index is 12.3. The molecule has 1 aliphatic carbocycles. The number of hydrogen-bond acceptors (Lipinski definition) is 3. The largest absolute Gasteiger partial charge is 0.443 e. The van der Waals surface area contributed by atoms with Crippen molar-refractivity contribution in [2.45, 2.75) is 32.6 Å². The van der Waals surface area contributed by atoms with E-state index in [4.69, 9.17) is 4.42 Å². The quantitative estimate of drug-likeness (QED) is 0.538. The van der Waals surface area contributed by atoms with Crippen LogP contribution in [0.25, 0.3) is 0 Å². The highest BCUT2D eigenvalue weighted by atomic mass is 16.3. The Morgan fingerprint density at radius 1 is 1.07 bits per heavy atom. The molecule has 1 heterocycles. The number of nitrogens with one attached hydrogen (secondary N) is 2. The Kier molecular flexibility index (Phi) is 6.54. The van der Waals surface area contributed by atoms with E-state index in [0.717, 1.165) is 49.2 Å². The van der Waals surface area contributed by atoms with E-state index in [2.05, 4.69) is 41.6 Å². The summed E-state index contributed by atoms with van der Waals surface area (Å²) >= 11 is 0. The lowest BCUT2D eigenvalue weighted by atomic mass is 10.1. The van der Waals surface area contributed by atoms with Gasteiger partial charge in [0.05, 0.1) is 0 Å². The molecule has 1 amide bonds. The summed E-state index contributed by atoms with van der Waals surface area (Å²) in [4.78, 5) is 12.3. The fourth-order valence-electron chi connectivity index (χ4n) is 2.64. The van der Waals surface area contributed by atoms with E-state index in [1.165, 1.54) is 0 Å². The van der Waals surface area contributed by atoms with E-state index in [1.54, 1.807) is 12.1 Å². The third-order valence-corrected chi connectivity index (χ3v) is 4.16. The first-order valence-corrected chi connectivity index (χ1v) is 9.38. The first-order chi connectivity index (χ1) is 13.2. The maximum Gasteiger partial charge on any atom is 0.291 e. The first-order valence-electron chi connectivity index (χ1n) is 9.38. The summed E-state index contributed by atoms with van der Waals surface area (Å²) in [5.74, 6) is 6.46. The molecular weight excluding hydrogens is 336 g/mol. The number of allylic oxidation sites excluding steroid dienone is 4. The highest BCUT2D eigenvalue weighted by molar-refractivity contribution is 6.02. The Hall–Kier alpha value is -3.19. The van der Waals surface area contributed by atoms with Gasteiger partial charge in [0, 0.05) is 23.5 Å². The molecule has 2 N–H and O–H groups in total. The third-order valence-electron chi connectivity index (χ3n) is 4.16. The van der Waals surface area contributed by atoms with Crippen molar-refractivity contribution in [3.05, 3.63) is 71.7 Å². The van der Waals surface area contributed by atoms with Crippen LogP contribution in [0.3, 0.4) is 0 Å². The molecule has 0 spiro atoms. The predicted molar refractivity (Wildman–Crippen MR) is 110 cm³/mol. The van der Waals surface area contributed by atoms with Crippen LogP contribution in [0.1, 0.15) is 48.9 Å². The van der Waals surface area contributed by atoms with E-state index in [-0.39, 0.29) is 11.7 Å². The fraction of sp³-hybridized carbons (Fsp3) is 0.261. The molecule has 1 aromatic carbocycles. The Morgan fingerprint density at radius 3 is 2.63 bits per heavy atom. The molecule has 1 aromatic heterocycles. The van der Waals surface area contributed by atoms with Gasteiger partial charge in [0.1, 0.15) is 0 Å². The van der Waals surface area contributed by atoms with Gasteiger partial charge >= 0.3 is 0 Å². The monoisotopic (exact) mass is 360 g/mol. The number of amides is 1. The number of rotatable bonds is 6. The van der Waals surface area contributed by atoms with E-state index >= 15 is 0 Å². The lowest BCUT2D eigenvalue weighted by Gasteiger charge is -2.07. The van der Waals surface area contributed by atoms with E-state index in [1.807, 2.05) is 30.3 Å². The second-order valence-corrected chi connectivity index (χ2v) is 6.36. The SMILES string of the molecule is CCCCNc1ccc(NC(=O)c2ccc(C#CC3=CCCC=C3)o2)cc1. The van der Waals surface area contributed by atoms with Gasteiger partial charge < -0.3 is 15.1 Å². The van der Waals surface area contributed by atoms with Crippen molar-refractivity contribution in [1.82, 2.24) is 0 Å². The van der Waals surface area contributed by atoms with Crippen molar-refractivity contribution >= 4 is 17.3 Å². The van der Waals surface area contributed by atoms with Gasteiger partial charge in [0.25, 0.3) is 5.91 Å². The minimum Gasteiger partial charge on any atom is -0.443 e. The minimum absolute atomic E-state index is 0.248. The number of carbonyl (C=O) groups is 1. The molecule has 0 fully saturated rings. The van der Waals surface area contributed by atoms with Crippen LogP contribution in [0.15, 0.2) is 64.6 Å². The second kappa shape index (κ2) is 9.49. The average molecular weight is 360 g/mol. The number of carbonyl (C=O) groups excluding carboxylic acids is 1. The molecule has 138 valence electrons. The summed E-state index contributed by atoms with van der Waals surface area (Å²) in [6.45, 7) is 3.11. The van der Waals surface area contributed by atoms with Gasteiger partial charge in [-0.15, -0.1) is 0 Å². The zero-order valence-electron chi connectivity index (χ0n) is 15.5. The molecule has 0 saturated heterocycles. The standard InChI is InChI=1S/C23H24N2O2/c1-2-3-17-24-19-10-12-20(13-11-19)25-23(26)22-16-15-21(27-22)14-9-18-7-5-4-6-8-18/h5,7-8,10-13,15-16,24H,2-4,6,17H2,1H3,(H,25,26). The Morgan fingerprint density at radius 2 is 1.89 bits per heavy atom. The van der Waals surface area contributed by atoms with Crippen molar-refractivity contribution in [3.8, 4) is 11.8 Å². The Balaban J connectivity index is 1.57. The molecule has 0 radical (unpaired) electrons. The summed E-state index contributed by atoms with van der Waals surface area (Å²) in [5, 5.41) is 6.19. The fourth-order valence-corrected chi connectivity index (χ4v) is 2.64. The van der Waals surface area contributed by atoms with Crippen LogP contribution in [-0.4, -0.2) is 12.5 Å². The highest BCUT2D eigenvalue weighted by Gasteiger charge is 2.11. The van der Waals surface area contributed by atoms with Gasteiger partial charge in [-0.05, 0) is 61.6 Å². The molecule has 0 atom stereocenters. The molecule has 2 aromatic rings. The molecule has 4 heteroatoms. The van der Waals surface area contributed by atoms with Gasteiger partial charge in [0.15, 0.2) is 11.5 Å². The summed E-state index contributed by atoms with van der Waals surface area (Å²) in [6.07, 6.45) is 10.6. The van der Waals surface area contributed by atoms with Crippen LogP contribution in [0.5, 0.6) is 0 Å². The van der Waals surface area contributed by atoms with Gasteiger partial charge in [-0.25, -0.2) is 0 Å². The number of hydrogen-bond donors (Lipinski definition) is 2. The average Bonchev–Trinajstić information content (AvgIpc) is 3.18. The Labute approximate surface area is 160 Å². The highest BCUT2D eigenvalue weighted by Crippen LogP contribution is 2.16. The lowest BCUT2D eigenvalue weighted by molar-refractivity contribution is 0.0996. The van der Waals surface area contributed by atoms with E-state index in [9.17, 15) is 4.79 Å². The summed E-state index contributed by atoms with van der Waals surface area (Å²) in [5.41, 5.74) is 2.75. The molecule has 3 rings (SSSR count). The van der Waals surface area contributed by atoms with Crippen LogP contribution >= 0.6 is 0 Å². The van der Waals surface area contributed by atoms with Crippen LogP contribution in [0, 0.1) is 11.8 Å². The zero-order valence-corrected chi connectivity index (χ0v) is 15.5. The van der Waals surface area contributed by atoms with Crippen LogP contribution in [-0.2, 0) is 0 Å². The number of benzene rings is 1. The number of furan rings is 1. The molecule has 4 nitrogen and oxygen atoms in total. The first kappa shape index (κ1) is 18.6. The minimum atomic E-state index is -0.286. The maximum absolute atomic E-state index is 12.3. The second-order valence-electron chi connectivity index (χ2n) is 6.36. The predicted octanol–water partition coefficient (Wildman–Crippen LogP) is 5.37. The van der Waals surface area contributed by atoms with Gasteiger partial charge in [-0.3, -0.25) is 4.79 Å². The summed E-state index contributed by atoms with van der Waals surface area (Å²) in [7, 11) is 0. The third kappa shape index (κ3) is 5.65. The zero-order chi connectivity index (χ0) is 18.9. The molecule has 0 saturated carbocycles. The van der Waals surface area contributed by atoms with Crippen LogP contribution in [0.4, 0.5) is 11.4 Å². The van der Waals surface area contributed by atoms with Crippen LogP contribution < -0.4 is 10.6 Å². The van der Waals surface area contributed by atoms with Gasteiger partial charge in [-0.2, -0.15) is 0 Å². The number of anilines is 2. The van der Waals surface area contributed by atoms with Crippen LogP contribution in [0.2, 0.25) is 0 Å². The molecule has 0 unspecified atom stereocenters. The molecule has 27 heavy (non-hydrogen) atoms. The Bertz CT molecular complexity index is 892. The lowest BCUT2D eigenvalue weighted by Crippen LogP contribution is -2.10. The summed E-state index contributed by atoms with van der Waals surface area (Å²) in [6, 6.07) is 11.0. The smallest absolute Gasteiger partial charge is 0.291 e. The van der Waals surface area contributed by atoms with Crippen molar-refractivity contribution in [2.24, 2.45) is 0 Å². The molecule has 0 aliphatic heterocycles. The van der Waals surface area contributed by atoms with Gasteiger partial charge in [0.2, 0.25) is 0 Å². The topological polar surface area (TPSA) is 54.3 Å². The molecular formula is C23H24N2O2. The molecule has 0 bridgehead atoms. The van der Waals surface area contributed by atoms with Crippen molar-refractivity contribution < 1.29 is 9.21 Å². The van der Waals surface area contributed by atoms with Gasteiger partial charge in [-0.1, -0.05) is 37.5 Å². The van der Waals surface area contributed by atoms with E-state index in [0.29, 0.717) is 5.76 Å².